The van der Waals surface area contributed by atoms with Gasteiger partial charge in [-0.05, 0) is 24.6 Å². The molecule has 0 fully saturated rings. The first kappa shape index (κ1) is 13.2. The maximum atomic E-state index is 9.27. The Bertz CT molecular complexity index is 623. The van der Waals surface area contributed by atoms with Crippen LogP contribution < -0.4 is 5.32 Å². The highest BCUT2D eigenvalue weighted by atomic mass is 16.3. The third-order valence-corrected chi connectivity index (χ3v) is 3.41. The van der Waals surface area contributed by atoms with E-state index in [1.165, 1.54) is 0 Å². The third kappa shape index (κ3) is 2.61. The summed E-state index contributed by atoms with van der Waals surface area (Å²) < 4.78 is 1.88. The lowest BCUT2D eigenvalue weighted by molar-refractivity contribution is 0.282. The van der Waals surface area contributed by atoms with Crippen LogP contribution in [0.25, 0.3) is 0 Å². The molecule has 0 aliphatic carbocycles. The minimum absolute atomic E-state index is 0.0143. The number of benzene rings is 1. The Morgan fingerprint density at radius 2 is 2.05 bits per heavy atom. The summed E-state index contributed by atoms with van der Waals surface area (Å²) in [6.45, 7) is 2.65. The summed E-state index contributed by atoms with van der Waals surface area (Å²) in [5, 5.41) is 21.6. The zero-order chi connectivity index (χ0) is 13.8. The predicted molar refractivity (Wildman–Crippen MR) is 74.6 cm³/mol. The van der Waals surface area contributed by atoms with Crippen molar-refractivity contribution in [2.45, 2.75) is 20.1 Å². The second-order valence-corrected chi connectivity index (χ2v) is 4.48. The fourth-order valence-electron chi connectivity index (χ4n) is 2.07. The van der Waals surface area contributed by atoms with Crippen molar-refractivity contribution in [1.82, 2.24) is 4.57 Å². The molecule has 0 spiro atoms. The molecule has 0 bridgehead atoms. The molecule has 0 atom stereocenters. The molecule has 0 radical (unpaired) electrons. The van der Waals surface area contributed by atoms with Crippen LogP contribution in [0, 0.1) is 18.3 Å². The minimum atomic E-state index is 0.0143. The van der Waals surface area contributed by atoms with Crippen molar-refractivity contribution in [3.05, 3.63) is 52.8 Å². The Labute approximate surface area is 112 Å². The molecule has 0 aliphatic rings. The molecule has 0 unspecified atom stereocenters. The van der Waals surface area contributed by atoms with Gasteiger partial charge < -0.3 is 15.0 Å². The standard InChI is InChI=1S/C15H17N3O/c1-11-13(7-14(8-16)18(11)2)9-17-15-6-4-3-5-12(15)10-19/h3-7,17,19H,9-10H2,1-2H3. The zero-order valence-electron chi connectivity index (χ0n) is 11.1. The maximum Gasteiger partial charge on any atom is 0.120 e. The summed E-state index contributed by atoms with van der Waals surface area (Å²) in [7, 11) is 1.89. The molecule has 0 saturated heterocycles. The van der Waals surface area contributed by atoms with E-state index in [0.717, 1.165) is 22.5 Å². The van der Waals surface area contributed by atoms with E-state index in [1.54, 1.807) is 0 Å². The maximum absolute atomic E-state index is 9.27. The molecule has 4 nitrogen and oxygen atoms in total. The van der Waals surface area contributed by atoms with Crippen LogP contribution in [0.1, 0.15) is 22.5 Å². The topological polar surface area (TPSA) is 61.0 Å². The van der Waals surface area contributed by atoms with E-state index in [4.69, 9.17) is 5.26 Å². The first-order valence-corrected chi connectivity index (χ1v) is 6.15. The Morgan fingerprint density at radius 3 is 2.68 bits per heavy atom. The number of nitrogens with zero attached hydrogens (tertiary/aromatic N) is 2. The number of aliphatic hydroxyl groups is 1. The molecule has 98 valence electrons. The Balaban J connectivity index is 2.17. The van der Waals surface area contributed by atoms with Crippen LogP contribution in [-0.2, 0) is 20.2 Å². The van der Waals surface area contributed by atoms with E-state index in [1.807, 2.05) is 48.9 Å². The Kier molecular flexibility index (Phi) is 3.88. The largest absolute Gasteiger partial charge is 0.392 e. The average molecular weight is 255 g/mol. The highest BCUT2D eigenvalue weighted by Gasteiger charge is 2.08. The molecule has 2 rings (SSSR count). The molecule has 0 saturated carbocycles. The summed E-state index contributed by atoms with van der Waals surface area (Å²) in [5.41, 5.74) is 4.62. The first-order valence-electron chi connectivity index (χ1n) is 6.15. The number of hydrogen-bond donors (Lipinski definition) is 2. The molecule has 1 heterocycles. The second kappa shape index (κ2) is 5.59. The number of hydrogen-bond acceptors (Lipinski definition) is 3. The smallest absolute Gasteiger partial charge is 0.120 e. The summed E-state index contributed by atoms with van der Waals surface area (Å²) >= 11 is 0. The van der Waals surface area contributed by atoms with Crippen LogP contribution in [-0.4, -0.2) is 9.67 Å². The van der Waals surface area contributed by atoms with E-state index in [9.17, 15) is 5.11 Å². The lowest BCUT2D eigenvalue weighted by Gasteiger charge is -2.10. The van der Waals surface area contributed by atoms with Gasteiger partial charge in [-0.3, -0.25) is 0 Å². The first-order chi connectivity index (χ1) is 9.17. The van der Waals surface area contributed by atoms with Gasteiger partial charge in [0.25, 0.3) is 0 Å². The van der Waals surface area contributed by atoms with Gasteiger partial charge in [-0.1, -0.05) is 18.2 Å². The number of nitriles is 1. The Morgan fingerprint density at radius 1 is 1.32 bits per heavy atom. The molecule has 4 heteroatoms. The van der Waals surface area contributed by atoms with Crippen molar-refractivity contribution in [2.24, 2.45) is 7.05 Å². The number of aliphatic hydroxyl groups excluding tert-OH is 1. The number of aromatic nitrogens is 1. The monoisotopic (exact) mass is 255 g/mol. The summed E-state index contributed by atoms with van der Waals surface area (Å²) in [4.78, 5) is 0. The summed E-state index contributed by atoms with van der Waals surface area (Å²) in [6, 6.07) is 11.7. The predicted octanol–water partition coefficient (Wildman–Crippen LogP) is 2.31. The lowest BCUT2D eigenvalue weighted by atomic mass is 10.1. The molecule has 0 aliphatic heterocycles. The fourth-order valence-corrected chi connectivity index (χ4v) is 2.07. The van der Waals surface area contributed by atoms with Crippen molar-refractivity contribution < 1.29 is 5.11 Å². The van der Waals surface area contributed by atoms with E-state index < -0.39 is 0 Å². The van der Waals surface area contributed by atoms with Crippen LogP contribution in [0.15, 0.2) is 30.3 Å². The van der Waals surface area contributed by atoms with Crippen molar-refractivity contribution >= 4 is 5.69 Å². The van der Waals surface area contributed by atoms with Crippen LogP contribution in [0.3, 0.4) is 0 Å². The molecule has 2 N–H and O–H groups in total. The zero-order valence-corrected chi connectivity index (χ0v) is 11.1. The highest BCUT2D eigenvalue weighted by molar-refractivity contribution is 5.51. The van der Waals surface area contributed by atoms with Gasteiger partial charge in [-0.15, -0.1) is 0 Å². The van der Waals surface area contributed by atoms with Crippen LogP contribution in [0.2, 0.25) is 0 Å². The van der Waals surface area contributed by atoms with E-state index in [-0.39, 0.29) is 6.61 Å². The molecule has 1 aromatic heterocycles. The Hall–Kier alpha value is -2.25. The van der Waals surface area contributed by atoms with Crippen LogP contribution >= 0.6 is 0 Å². The third-order valence-electron chi connectivity index (χ3n) is 3.41. The van der Waals surface area contributed by atoms with Crippen LogP contribution in [0.4, 0.5) is 5.69 Å². The minimum Gasteiger partial charge on any atom is -0.392 e. The van der Waals surface area contributed by atoms with Crippen molar-refractivity contribution in [3.8, 4) is 6.07 Å². The molecular weight excluding hydrogens is 238 g/mol. The van der Waals surface area contributed by atoms with Crippen LogP contribution in [0.5, 0.6) is 0 Å². The SMILES string of the molecule is Cc1c(CNc2ccccc2CO)cc(C#N)n1C. The van der Waals surface area contributed by atoms with E-state index >= 15 is 0 Å². The van der Waals surface area contributed by atoms with Gasteiger partial charge in [0.1, 0.15) is 11.8 Å². The lowest BCUT2D eigenvalue weighted by Crippen LogP contribution is -2.03. The number of anilines is 1. The van der Waals surface area contributed by atoms with E-state index in [0.29, 0.717) is 12.2 Å². The van der Waals surface area contributed by atoms with Gasteiger partial charge in [0.2, 0.25) is 0 Å². The average Bonchev–Trinajstić information content (AvgIpc) is 2.73. The normalized spacial score (nSPS) is 10.2. The van der Waals surface area contributed by atoms with Gasteiger partial charge in [0, 0.05) is 30.5 Å². The van der Waals surface area contributed by atoms with Crippen molar-refractivity contribution in [2.75, 3.05) is 5.32 Å². The van der Waals surface area contributed by atoms with Gasteiger partial charge in [-0.25, -0.2) is 0 Å². The second-order valence-electron chi connectivity index (χ2n) is 4.48. The summed E-state index contributed by atoms with van der Waals surface area (Å²) in [5.74, 6) is 0. The highest BCUT2D eigenvalue weighted by Crippen LogP contribution is 2.18. The molecule has 1 aromatic carbocycles. The van der Waals surface area contributed by atoms with Crippen molar-refractivity contribution in [1.29, 1.82) is 5.26 Å². The van der Waals surface area contributed by atoms with Gasteiger partial charge in [0.15, 0.2) is 0 Å². The van der Waals surface area contributed by atoms with Gasteiger partial charge >= 0.3 is 0 Å². The van der Waals surface area contributed by atoms with Gasteiger partial charge in [0.05, 0.1) is 6.61 Å². The molecule has 0 amide bonds. The molecule has 2 aromatic rings. The summed E-state index contributed by atoms with van der Waals surface area (Å²) in [6.07, 6.45) is 0. The fraction of sp³-hybridized carbons (Fsp3) is 0.267. The molecular formula is C15H17N3O. The number of nitrogens with one attached hydrogen (secondary N) is 1. The quantitative estimate of drug-likeness (QED) is 0.881. The molecule has 19 heavy (non-hydrogen) atoms. The number of rotatable bonds is 4. The van der Waals surface area contributed by atoms with Crippen molar-refractivity contribution in [3.63, 3.8) is 0 Å². The van der Waals surface area contributed by atoms with E-state index in [2.05, 4.69) is 11.4 Å². The van der Waals surface area contributed by atoms with Gasteiger partial charge in [-0.2, -0.15) is 5.26 Å². The number of para-hydroxylation sites is 1.